The fraction of sp³-hybridized carbons (Fsp3) is 0.133. The summed E-state index contributed by atoms with van der Waals surface area (Å²) in [6.07, 6.45) is 0.0485. The van der Waals surface area contributed by atoms with Crippen molar-refractivity contribution < 1.29 is 9.18 Å². The zero-order chi connectivity index (χ0) is 14.0. The highest BCUT2D eigenvalue weighted by atomic mass is 79.9. The number of hydrogen-bond donors (Lipinski definition) is 0. The Kier molecular flexibility index (Phi) is 4.53. The minimum absolute atomic E-state index is 0.0485. The van der Waals surface area contributed by atoms with Crippen molar-refractivity contribution in [3.05, 3.63) is 67.9 Å². The molecule has 0 N–H and O–H groups in total. The highest BCUT2D eigenvalue weighted by Crippen LogP contribution is 2.22. The third kappa shape index (κ3) is 3.51. The van der Waals surface area contributed by atoms with E-state index < -0.39 is 0 Å². The van der Waals surface area contributed by atoms with Crippen molar-refractivity contribution >= 4 is 37.6 Å². The number of carbonyl (C=O) groups is 1. The zero-order valence-corrected chi connectivity index (χ0v) is 13.4. The van der Waals surface area contributed by atoms with E-state index in [9.17, 15) is 9.18 Å². The number of halogens is 3. The minimum Gasteiger partial charge on any atom is -0.294 e. The molecular weight excluding hydrogens is 375 g/mol. The number of hydrogen-bond acceptors (Lipinski definition) is 1. The molecule has 0 amide bonds. The molecule has 0 radical (unpaired) electrons. The van der Waals surface area contributed by atoms with Crippen molar-refractivity contribution in [3.8, 4) is 0 Å². The minimum atomic E-state index is -0.361. The van der Waals surface area contributed by atoms with Crippen molar-refractivity contribution in [2.24, 2.45) is 0 Å². The summed E-state index contributed by atoms with van der Waals surface area (Å²) in [6.45, 7) is 1.95. The van der Waals surface area contributed by atoms with Crippen LogP contribution in [0.25, 0.3) is 0 Å². The SMILES string of the molecule is Cc1ccc(C(=O)Cc2cc(Br)ccc2F)c(Br)c1. The van der Waals surface area contributed by atoms with Gasteiger partial charge in [0, 0.05) is 20.9 Å². The van der Waals surface area contributed by atoms with Gasteiger partial charge in [-0.3, -0.25) is 4.79 Å². The maximum Gasteiger partial charge on any atom is 0.168 e. The Bertz CT molecular complexity index is 638. The van der Waals surface area contributed by atoms with E-state index in [1.807, 2.05) is 19.1 Å². The van der Waals surface area contributed by atoms with Gasteiger partial charge in [0.1, 0.15) is 5.82 Å². The smallest absolute Gasteiger partial charge is 0.168 e. The molecule has 2 aromatic rings. The quantitative estimate of drug-likeness (QED) is 0.673. The van der Waals surface area contributed by atoms with Crippen molar-refractivity contribution in [1.82, 2.24) is 0 Å². The van der Waals surface area contributed by atoms with Gasteiger partial charge in [0.2, 0.25) is 0 Å². The van der Waals surface area contributed by atoms with Crippen molar-refractivity contribution in [2.75, 3.05) is 0 Å². The highest BCUT2D eigenvalue weighted by Gasteiger charge is 2.13. The second kappa shape index (κ2) is 5.97. The molecule has 0 aromatic heterocycles. The van der Waals surface area contributed by atoms with Crippen LogP contribution in [0.1, 0.15) is 21.5 Å². The van der Waals surface area contributed by atoms with Gasteiger partial charge in [-0.2, -0.15) is 0 Å². The summed E-state index contributed by atoms with van der Waals surface area (Å²) < 4.78 is 15.1. The lowest BCUT2D eigenvalue weighted by Crippen LogP contribution is -2.06. The molecule has 0 fully saturated rings. The van der Waals surface area contributed by atoms with Crippen LogP contribution in [-0.4, -0.2) is 5.78 Å². The average molecular weight is 386 g/mol. The first-order valence-electron chi connectivity index (χ1n) is 5.70. The Balaban J connectivity index is 2.28. The number of ketones is 1. The molecule has 0 unspecified atom stereocenters. The predicted molar refractivity (Wildman–Crippen MR) is 81.0 cm³/mol. The van der Waals surface area contributed by atoms with Gasteiger partial charge in [-0.25, -0.2) is 4.39 Å². The third-order valence-electron chi connectivity index (χ3n) is 2.78. The second-order valence-electron chi connectivity index (χ2n) is 4.32. The molecule has 4 heteroatoms. The Morgan fingerprint density at radius 2 is 1.89 bits per heavy atom. The Labute approximate surface area is 128 Å². The van der Waals surface area contributed by atoms with E-state index >= 15 is 0 Å². The van der Waals surface area contributed by atoms with Crippen LogP contribution >= 0.6 is 31.9 Å². The molecule has 98 valence electrons. The Morgan fingerprint density at radius 1 is 1.16 bits per heavy atom. The first kappa shape index (κ1) is 14.4. The molecule has 0 aliphatic carbocycles. The van der Waals surface area contributed by atoms with Crippen molar-refractivity contribution in [3.63, 3.8) is 0 Å². The van der Waals surface area contributed by atoms with Crippen LogP contribution in [0, 0.1) is 12.7 Å². The molecule has 1 nitrogen and oxygen atoms in total. The van der Waals surface area contributed by atoms with Crippen LogP contribution in [0.3, 0.4) is 0 Å². The van der Waals surface area contributed by atoms with Gasteiger partial charge >= 0.3 is 0 Å². The number of benzene rings is 2. The summed E-state index contributed by atoms with van der Waals surface area (Å²) in [4.78, 5) is 12.2. The van der Waals surface area contributed by atoms with Gasteiger partial charge in [0.25, 0.3) is 0 Å². The molecule has 2 aromatic carbocycles. The Morgan fingerprint density at radius 3 is 2.58 bits per heavy atom. The molecular formula is C15H11Br2FO. The monoisotopic (exact) mass is 384 g/mol. The van der Waals surface area contributed by atoms with Crippen LogP contribution < -0.4 is 0 Å². The molecule has 0 saturated heterocycles. The van der Waals surface area contributed by atoms with Gasteiger partial charge in [-0.15, -0.1) is 0 Å². The van der Waals surface area contributed by atoms with Crippen LogP contribution in [0.15, 0.2) is 45.3 Å². The van der Waals surface area contributed by atoms with Gasteiger partial charge in [0.15, 0.2) is 5.78 Å². The molecule has 0 bridgehead atoms. The third-order valence-corrected chi connectivity index (χ3v) is 3.93. The van der Waals surface area contributed by atoms with E-state index in [-0.39, 0.29) is 18.0 Å². The van der Waals surface area contributed by atoms with Crippen molar-refractivity contribution in [1.29, 1.82) is 0 Å². The number of Topliss-reactive ketones (excluding diaryl/α,β-unsaturated/α-hetero) is 1. The Hall–Kier alpha value is -1.00. The molecule has 0 aliphatic heterocycles. The van der Waals surface area contributed by atoms with Gasteiger partial charge in [0.05, 0.1) is 0 Å². The van der Waals surface area contributed by atoms with E-state index in [1.165, 1.54) is 6.07 Å². The second-order valence-corrected chi connectivity index (χ2v) is 6.09. The predicted octanol–water partition coefficient (Wildman–Crippen LogP) is 5.08. The topological polar surface area (TPSA) is 17.1 Å². The maximum atomic E-state index is 13.6. The first-order chi connectivity index (χ1) is 8.97. The van der Waals surface area contributed by atoms with Gasteiger partial charge in [-0.05, 0) is 48.4 Å². The number of aryl methyl sites for hydroxylation is 1. The maximum absolute atomic E-state index is 13.6. The first-order valence-corrected chi connectivity index (χ1v) is 7.29. The van der Waals surface area contributed by atoms with Gasteiger partial charge in [-0.1, -0.05) is 37.9 Å². The molecule has 2 rings (SSSR count). The lowest BCUT2D eigenvalue weighted by Gasteiger charge is -2.06. The van der Waals surface area contributed by atoms with E-state index in [2.05, 4.69) is 31.9 Å². The summed E-state index contributed by atoms with van der Waals surface area (Å²) in [5.41, 5.74) is 2.04. The molecule has 0 spiro atoms. The largest absolute Gasteiger partial charge is 0.294 e. The highest BCUT2D eigenvalue weighted by molar-refractivity contribution is 9.10. The lowest BCUT2D eigenvalue weighted by molar-refractivity contribution is 0.0991. The van der Waals surface area contributed by atoms with E-state index in [0.717, 1.165) is 14.5 Å². The molecule has 19 heavy (non-hydrogen) atoms. The summed E-state index contributed by atoms with van der Waals surface area (Å²) in [5, 5.41) is 0. The summed E-state index contributed by atoms with van der Waals surface area (Å²) >= 11 is 6.65. The van der Waals surface area contributed by atoms with Crippen LogP contribution in [-0.2, 0) is 6.42 Å². The zero-order valence-electron chi connectivity index (χ0n) is 10.2. The summed E-state index contributed by atoms with van der Waals surface area (Å²) in [6, 6.07) is 10.1. The van der Waals surface area contributed by atoms with E-state index in [4.69, 9.17) is 0 Å². The molecule has 0 saturated carbocycles. The summed E-state index contributed by atoms with van der Waals surface area (Å²) in [5.74, 6) is -0.469. The standard InChI is InChI=1S/C15H11Br2FO/c1-9-2-4-12(13(17)6-9)15(19)8-10-7-11(16)3-5-14(10)18/h2-7H,8H2,1H3. The fourth-order valence-corrected chi connectivity index (χ4v) is 2.92. The van der Waals surface area contributed by atoms with Crippen LogP contribution in [0.5, 0.6) is 0 Å². The molecule has 0 atom stereocenters. The van der Waals surface area contributed by atoms with Gasteiger partial charge < -0.3 is 0 Å². The van der Waals surface area contributed by atoms with Crippen LogP contribution in [0.4, 0.5) is 4.39 Å². The normalized spacial score (nSPS) is 10.5. The van der Waals surface area contributed by atoms with Crippen molar-refractivity contribution in [2.45, 2.75) is 13.3 Å². The lowest BCUT2D eigenvalue weighted by atomic mass is 10.0. The fourth-order valence-electron chi connectivity index (χ4n) is 1.79. The van der Waals surface area contributed by atoms with E-state index in [0.29, 0.717) is 11.1 Å². The number of rotatable bonds is 3. The summed E-state index contributed by atoms with van der Waals surface area (Å²) in [7, 11) is 0. The average Bonchev–Trinajstić information content (AvgIpc) is 2.33. The van der Waals surface area contributed by atoms with Crippen LogP contribution in [0.2, 0.25) is 0 Å². The molecule has 0 aliphatic rings. The molecule has 0 heterocycles. The number of carbonyl (C=O) groups excluding carboxylic acids is 1. The van der Waals surface area contributed by atoms with E-state index in [1.54, 1.807) is 18.2 Å².